The Morgan fingerprint density at radius 1 is 1.67 bits per heavy atom. The van der Waals surface area contributed by atoms with Crippen LogP contribution in [-0.4, -0.2) is 32.5 Å². The molecule has 82 valence electrons. The molecule has 2 heterocycles. The molecule has 0 spiro atoms. The number of halogens is 1. The molecule has 2 rings (SSSR count). The first kappa shape index (κ1) is 11.0. The minimum atomic E-state index is -1.15. The molecule has 1 aromatic heterocycles. The van der Waals surface area contributed by atoms with Crippen molar-refractivity contribution in [1.29, 1.82) is 0 Å². The van der Waals surface area contributed by atoms with Gasteiger partial charge in [-0.15, -0.1) is 0 Å². The SMILES string of the molecule is Cc1cnc(S(=O)[C@@H]2CCNC2)nc1Cl. The molecule has 15 heavy (non-hydrogen) atoms. The number of hydrogen-bond donors (Lipinski definition) is 1. The number of nitrogens with one attached hydrogen (secondary N) is 1. The van der Waals surface area contributed by atoms with Crippen molar-refractivity contribution in [2.75, 3.05) is 13.1 Å². The summed E-state index contributed by atoms with van der Waals surface area (Å²) in [5.41, 5.74) is 0.807. The molecule has 0 saturated carbocycles. The number of hydrogen-bond acceptors (Lipinski definition) is 4. The topological polar surface area (TPSA) is 54.9 Å². The van der Waals surface area contributed by atoms with Crippen LogP contribution in [0.3, 0.4) is 0 Å². The third-order valence-corrected chi connectivity index (χ3v) is 4.33. The van der Waals surface area contributed by atoms with E-state index in [-0.39, 0.29) is 5.25 Å². The van der Waals surface area contributed by atoms with E-state index >= 15 is 0 Å². The maximum atomic E-state index is 12.0. The quantitative estimate of drug-likeness (QED) is 0.622. The summed E-state index contributed by atoms with van der Waals surface area (Å²) in [6.07, 6.45) is 2.52. The Labute approximate surface area is 95.9 Å². The normalized spacial score (nSPS) is 22.9. The standard InChI is InChI=1S/C9H12ClN3OS/c1-6-4-12-9(13-8(6)10)15(14)7-2-3-11-5-7/h4,7,11H,2-3,5H2,1H3/t7-,15?/m1/s1. The third kappa shape index (κ3) is 2.35. The van der Waals surface area contributed by atoms with Crippen LogP contribution in [0.5, 0.6) is 0 Å². The second kappa shape index (κ2) is 4.55. The molecule has 1 N–H and O–H groups in total. The molecule has 1 aliphatic rings. The fourth-order valence-electron chi connectivity index (χ4n) is 1.46. The van der Waals surface area contributed by atoms with Crippen molar-refractivity contribution in [1.82, 2.24) is 15.3 Å². The fraction of sp³-hybridized carbons (Fsp3) is 0.556. The summed E-state index contributed by atoms with van der Waals surface area (Å²) in [6.45, 7) is 3.50. The van der Waals surface area contributed by atoms with Gasteiger partial charge in [0.2, 0.25) is 5.16 Å². The first-order chi connectivity index (χ1) is 7.18. The maximum absolute atomic E-state index is 12.0. The van der Waals surface area contributed by atoms with Gasteiger partial charge in [0.25, 0.3) is 0 Å². The number of aromatic nitrogens is 2. The summed E-state index contributed by atoms with van der Waals surface area (Å²) in [7, 11) is -1.15. The van der Waals surface area contributed by atoms with Gasteiger partial charge in [-0.25, -0.2) is 9.97 Å². The van der Waals surface area contributed by atoms with Crippen molar-refractivity contribution in [3.05, 3.63) is 16.9 Å². The Balaban J connectivity index is 2.21. The predicted molar refractivity (Wildman–Crippen MR) is 59.5 cm³/mol. The van der Waals surface area contributed by atoms with Gasteiger partial charge in [-0.3, -0.25) is 4.21 Å². The molecule has 0 aliphatic carbocycles. The molecule has 1 aromatic rings. The largest absolute Gasteiger partial charge is 0.315 e. The summed E-state index contributed by atoms with van der Waals surface area (Å²) in [4.78, 5) is 8.10. The Morgan fingerprint density at radius 3 is 3.07 bits per heavy atom. The highest BCUT2D eigenvalue weighted by Gasteiger charge is 2.24. The third-order valence-electron chi connectivity index (χ3n) is 2.39. The highest BCUT2D eigenvalue weighted by Crippen LogP contribution is 2.16. The molecule has 1 saturated heterocycles. The number of aryl methyl sites for hydroxylation is 1. The fourth-order valence-corrected chi connectivity index (χ4v) is 2.88. The second-order valence-electron chi connectivity index (χ2n) is 3.54. The lowest BCUT2D eigenvalue weighted by Crippen LogP contribution is -2.20. The molecule has 6 heteroatoms. The van der Waals surface area contributed by atoms with Gasteiger partial charge in [0.15, 0.2) is 0 Å². The molecule has 0 aromatic carbocycles. The Morgan fingerprint density at radius 2 is 2.47 bits per heavy atom. The average molecular weight is 246 g/mol. The van der Waals surface area contributed by atoms with Crippen molar-refractivity contribution in [2.24, 2.45) is 0 Å². The van der Waals surface area contributed by atoms with E-state index < -0.39 is 10.8 Å². The molecule has 0 radical (unpaired) electrons. The van der Waals surface area contributed by atoms with E-state index in [0.717, 1.165) is 25.1 Å². The van der Waals surface area contributed by atoms with Gasteiger partial charge in [-0.05, 0) is 19.9 Å². The zero-order valence-corrected chi connectivity index (χ0v) is 9.94. The lowest BCUT2D eigenvalue weighted by molar-refractivity contribution is 0.664. The van der Waals surface area contributed by atoms with E-state index in [1.54, 1.807) is 6.20 Å². The summed E-state index contributed by atoms with van der Waals surface area (Å²) >= 11 is 5.86. The van der Waals surface area contributed by atoms with Gasteiger partial charge >= 0.3 is 0 Å². The summed E-state index contributed by atoms with van der Waals surface area (Å²) in [6, 6.07) is 0. The molecule has 0 amide bonds. The molecule has 2 atom stereocenters. The number of rotatable bonds is 2. The van der Waals surface area contributed by atoms with Crippen LogP contribution < -0.4 is 5.32 Å². The van der Waals surface area contributed by atoms with Crippen molar-refractivity contribution < 1.29 is 4.21 Å². The first-order valence-corrected chi connectivity index (χ1v) is 6.38. The van der Waals surface area contributed by atoms with Crippen molar-refractivity contribution in [3.63, 3.8) is 0 Å². The average Bonchev–Trinajstić information content (AvgIpc) is 2.74. The van der Waals surface area contributed by atoms with Crippen LogP contribution in [0.4, 0.5) is 0 Å². The van der Waals surface area contributed by atoms with Gasteiger partial charge in [-0.2, -0.15) is 0 Å². The summed E-state index contributed by atoms with van der Waals surface area (Å²) in [5, 5.41) is 4.02. The van der Waals surface area contributed by atoms with Gasteiger partial charge in [0.1, 0.15) is 5.15 Å². The predicted octanol–water partition coefficient (Wildman–Crippen LogP) is 0.908. The summed E-state index contributed by atoms with van der Waals surface area (Å²) in [5.74, 6) is 0. The lowest BCUT2D eigenvalue weighted by Gasteiger charge is -2.07. The Kier molecular flexibility index (Phi) is 3.33. The molecule has 1 aliphatic heterocycles. The molecular formula is C9H12ClN3OS. The molecule has 4 nitrogen and oxygen atoms in total. The van der Waals surface area contributed by atoms with E-state index in [1.807, 2.05) is 6.92 Å². The smallest absolute Gasteiger partial charge is 0.220 e. The van der Waals surface area contributed by atoms with Crippen LogP contribution in [-0.2, 0) is 10.8 Å². The first-order valence-electron chi connectivity index (χ1n) is 4.79. The lowest BCUT2D eigenvalue weighted by atomic mass is 10.4. The molecule has 1 fully saturated rings. The van der Waals surface area contributed by atoms with Gasteiger partial charge in [0, 0.05) is 18.3 Å². The van der Waals surface area contributed by atoms with Gasteiger partial charge in [-0.1, -0.05) is 11.6 Å². The van der Waals surface area contributed by atoms with Crippen LogP contribution in [0, 0.1) is 6.92 Å². The van der Waals surface area contributed by atoms with Crippen LogP contribution in [0.2, 0.25) is 5.15 Å². The zero-order valence-electron chi connectivity index (χ0n) is 8.36. The minimum absolute atomic E-state index is 0.115. The van der Waals surface area contributed by atoms with Gasteiger partial charge in [0.05, 0.1) is 16.0 Å². The maximum Gasteiger partial charge on any atom is 0.220 e. The molecule has 0 bridgehead atoms. The van der Waals surface area contributed by atoms with E-state index in [1.165, 1.54) is 0 Å². The molecular weight excluding hydrogens is 234 g/mol. The van der Waals surface area contributed by atoms with E-state index in [9.17, 15) is 4.21 Å². The Bertz CT molecular complexity index is 393. The van der Waals surface area contributed by atoms with Gasteiger partial charge < -0.3 is 5.32 Å². The van der Waals surface area contributed by atoms with E-state index in [2.05, 4.69) is 15.3 Å². The second-order valence-corrected chi connectivity index (χ2v) is 5.52. The highest BCUT2D eigenvalue weighted by molar-refractivity contribution is 7.85. The van der Waals surface area contributed by atoms with E-state index in [4.69, 9.17) is 11.6 Å². The Hall–Kier alpha value is -0.520. The van der Waals surface area contributed by atoms with Crippen molar-refractivity contribution in [2.45, 2.75) is 23.8 Å². The number of nitrogens with zero attached hydrogens (tertiary/aromatic N) is 2. The van der Waals surface area contributed by atoms with Crippen LogP contribution in [0.1, 0.15) is 12.0 Å². The van der Waals surface area contributed by atoms with E-state index in [0.29, 0.717) is 10.3 Å². The zero-order chi connectivity index (χ0) is 10.8. The van der Waals surface area contributed by atoms with Crippen molar-refractivity contribution in [3.8, 4) is 0 Å². The van der Waals surface area contributed by atoms with Crippen LogP contribution in [0.15, 0.2) is 11.4 Å². The highest BCUT2D eigenvalue weighted by atomic mass is 35.5. The summed E-state index contributed by atoms with van der Waals surface area (Å²) < 4.78 is 12.0. The monoisotopic (exact) mass is 245 g/mol. The van der Waals surface area contributed by atoms with Crippen molar-refractivity contribution >= 4 is 22.4 Å². The van der Waals surface area contributed by atoms with Crippen LogP contribution in [0.25, 0.3) is 0 Å². The van der Waals surface area contributed by atoms with Crippen LogP contribution >= 0.6 is 11.6 Å². The minimum Gasteiger partial charge on any atom is -0.315 e. The molecule has 1 unspecified atom stereocenters.